The molecule has 0 unspecified atom stereocenters. The van der Waals surface area contributed by atoms with Crippen molar-refractivity contribution in [2.45, 2.75) is 6.18 Å². The monoisotopic (exact) mass is 224 g/mol. The number of phenols is 1. The number of rotatable bonds is 1. The fourth-order valence-electron chi connectivity index (χ4n) is 0.888. The van der Waals surface area contributed by atoms with Crippen molar-refractivity contribution in [1.82, 2.24) is 0 Å². The number of phenolic OH excluding ortho intramolecular Hbond substituents is 1. The Morgan fingerprint density at radius 3 is 2.29 bits per heavy atom. The van der Waals surface area contributed by atoms with Gasteiger partial charge in [-0.2, -0.15) is 13.2 Å². The van der Waals surface area contributed by atoms with Crippen LogP contribution in [-0.2, 0) is 6.18 Å². The Bertz CT molecular complexity index is 373. The summed E-state index contributed by atoms with van der Waals surface area (Å²) in [4.78, 5) is 10.6. The third-order valence-electron chi connectivity index (χ3n) is 1.47. The quantitative estimate of drug-likeness (QED) is 0.745. The maximum absolute atomic E-state index is 12.1. The maximum Gasteiger partial charge on any atom is 0.416 e. The summed E-state index contributed by atoms with van der Waals surface area (Å²) in [6, 6.07) is 1.96. The third-order valence-corrected chi connectivity index (χ3v) is 1.69. The van der Waals surface area contributed by atoms with Crippen LogP contribution in [0, 0.1) is 0 Å². The summed E-state index contributed by atoms with van der Waals surface area (Å²) >= 11 is 4.98. The van der Waals surface area contributed by atoms with E-state index in [0.29, 0.717) is 12.1 Å². The van der Waals surface area contributed by atoms with Crippen LogP contribution in [0.5, 0.6) is 5.75 Å². The van der Waals surface area contributed by atoms with E-state index < -0.39 is 22.7 Å². The Kier molecular flexibility index (Phi) is 2.71. The van der Waals surface area contributed by atoms with E-state index in [1.807, 2.05) is 0 Å². The van der Waals surface area contributed by atoms with Gasteiger partial charge in [0.2, 0.25) is 0 Å². The van der Waals surface area contributed by atoms with Crippen LogP contribution in [0.2, 0.25) is 0 Å². The topological polar surface area (TPSA) is 37.3 Å². The maximum atomic E-state index is 12.1. The fourth-order valence-corrected chi connectivity index (χ4v) is 0.997. The molecular weight excluding hydrogens is 221 g/mol. The highest BCUT2D eigenvalue weighted by Crippen LogP contribution is 2.32. The Hall–Kier alpha value is -1.23. The SMILES string of the molecule is O=C(Cl)c1cc(O)cc(C(F)(F)F)c1. The van der Waals surface area contributed by atoms with Crippen LogP contribution in [0.25, 0.3) is 0 Å². The molecule has 0 heterocycles. The molecule has 76 valence electrons. The zero-order valence-corrected chi connectivity index (χ0v) is 7.36. The van der Waals surface area contributed by atoms with E-state index in [9.17, 15) is 18.0 Å². The summed E-state index contributed by atoms with van der Waals surface area (Å²) in [5.74, 6) is -0.649. The second-order valence-corrected chi connectivity index (χ2v) is 2.88. The number of hydrogen-bond donors (Lipinski definition) is 1. The Balaban J connectivity index is 3.28. The van der Waals surface area contributed by atoms with Gasteiger partial charge in [0.1, 0.15) is 5.75 Å². The summed E-state index contributed by atoms with van der Waals surface area (Å²) in [6.07, 6.45) is -4.61. The van der Waals surface area contributed by atoms with Gasteiger partial charge in [0.05, 0.1) is 5.56 Å². The van der Waals surface area contributed by atoms with E-state index >= 15 is 0 Å². The molecule has 1 aromatic rings. The van der Waals surface area contributed by atoms with E-state index in [2.05, 4.69) is 0 Å². The van der Waals surface area contributed by atoms with Gasteiger partial charge in [0, 0.05) is 5.56 Å². The first-order valence-electron chi connectivity index (χ1n) is 3.42. The predicted molar refractivity (Wildman–Crippen MR) is 43.3 cm³/mol. The molecule has 2 nitrogen and oxygen atoms in total. The number of carbonyl (C=O) groups excluding carboxylic acids is 1. The molecule has 0 aliphatic heterocycles. The summed E-state index contributed by atoms with van der Waals surface area (Å²) in [5, 5.41) is 7.85. The van der Waals surface area contributed by atoms with Gasteiger partial charge in [-0.05, 0) is 29.8 Å². The van der Waals surface area contributed by atoms with Crippen molar-refractivity contribution < 1.29 is 23.1 Å². The molecule has 0 saturated carbocycles. The lowest BCUT2D eigenvalue weighted by Crippen LogP contribution is -2.06. The molecule has 0 spiro atoms. The molecule has 0 radical (unpaired) electrons. The molecule has 0 fully saturated rings. The van der Waals surface area contributed by atoms with E-state index in [0.717, 1.165) is 6.07 Å². The van der Waals surface area contributed by atoms with Crippen LogP contribution in [0.15, 0.2) is 18.2 Å². The highest BCUT2D eigenvalue weighted by Gasteiger charge is 2.31. The van der Waals surface area contributed by atoms with Crippen LogP contribution in [-0.4, -0.2) is 10.3 Å². The molecule has 14 heavy (non-hydrogen) atoms. The molecular formula is C8H4ClF3O2. The van der Waals surface area contributed by atoms with Crippen molar-refractivity contribution >= 4 is 16.8 Å². The average molecular weight is 225 g/mol. The van der Waals surface area contributed by atoms with Gasteiger partial charge in [-0.3, -0.25) is 4.79 Å². The highest BCUT2D eigenvalue weighted by molar-refractivity contribution is 6.67. The lowest BCUT2D eigenvalue weighted by Gasteiger charge is -2.07. The summed E-state index contributed by atoms with van der Waals surface area (Å²) in [5.41, 5.74) is -1.50. The smallest absolute Gasteiger partial charge is 0.416 e. The van der Waals surface area contributed by atoms with Crippen molar-refractivity contribution in [2.75, 3.05) is 0 Å². The molecule has 0 aliphatic rings. The Morgan fingerprint density at radius 1 is 1.29 bits per heavy atom. The Labute approximate surface area is 81.9 Å². The van der Waals surface area contributed by atoms with Gasteiger partial charge < -0.3 is 5.11 Å². The van der Waals surface area contributed by atoms with Crippen molar-refractivity contribution in [1.29, 1.82) is 0 Å². The molecule has 6 heteroatoms. The number of carbonyl (C=O) groups is 1. The molecule has 1 rings (SSSR count). The molecule has 0 amide bonds. The molecule has 0 bridgehead atoms. The fraction of sp³-hybridized carbons (Fsp3) is 0.125. The van der Waals surface area contributed by atoms with Gasteiger partial charge in [-0.1, -0.05) is 0 Å². The zero-order valence-electron chi connectivity index (χ0n) is 6.60. The largest absolute Gasteiger partial charge is 0.508 e. The van der Waals surface area contributed by atoms with Crippen molar-refractivity contribution in [3.05, 3.63) is 29.3 Å². The second-order valence-electron chi connectivity index (χ2n) is 2.54. The minimum Gasteiger partial charge on any atom is -0.508 e. The lowest BCUT2D eigenvalue weighted by atomic mass is 10.1. The predicted octanol–water partition coefficient (Wildman–Crippen LogP) is 2.79. The second kappa shape index (κ2) is 3.49. The number of hydrogen-bond acceptors (Lipinski definition) is 2. The summed E-state index contributed by atoms with van der Waals surface area (Å²) < 4.78 is 36.4. The standard InChI is InChI=1S/C8H4ClF3O2/c9-7(14)4-1-5(8(10,11)12)3-6(13)2-4/h1-3,13H. The normalized spacial score (nSPS) is 11.4. The van der Waals surface area contributed by atoms with Gasteiger partial charge in [-0.25, -0.2) is 0 Å². The average Bonchev–Trinajstić information content (AvgIpc) is 2.01. The van der Waals surface area contributed by atoms with Crippen LogP contribution in [0.4, 0.5) is 13.2 Å². The van der Waals surface area contributed by atoms with Gasteiger partial charge in [0.15, 0.2) is 0 Å². The number of alkyl halides is 3. The summed E-state index contributed by atoms with van der Waals surface area (Å²) in [7, 11) is 0. The lowest BCUT2D eigenvalue weighted by molar-refractivity contribution is -0.137. The van der Waals surface area contributed by atoms with Crippen LogP contribution >= 0.6 is 11.6 Å². The minimum atomic E-state index is -4.61. The summed E-state index contributed by atoms with van der Waals surface area (Å²) in [6.45, 7) is 0. The molecule has 1 aromatic carbocycles. The first kappa shape index (κ1) is 10.8. The molecule has 0 aromatic heterocycles. The van der Waals surface area contributed by atoms with Crippen molar-refractivity contribution in [2.24, 2.45) is 0 Å². The van der Waals surface area contributed by atoms with E-state index in [-0.39, 0.29) is 5.56 Å². The van der Waals surface area contributed by atoms with Gasteiger partial charge >= 0.3 is 6.18 Å². The van der Waals surface area contributed by atoms with Crippen LogP contribution < -0.4 is 0 Å². The number of benzene rings is 1. The number of halogens is 4. The van der Waals surface area contributed by atoms with E-state index in [1.54, 1.807) is 0 Å². The third kappa shape index (κ3) is 2.38. The number of aromatic hydroxyl groups is 1. The first-order chi connectivity index (χ1) is 6.30. The molecule has 0 aliphatic carbocycles. The van der Waals surface area contributed by atoms with Gasteiger partial charge in [-0.15, -0.1) is 0 Å². The minimum absolute atomic E-state index is 0.390. The zero-order chi connectivity index (χ0) is 10.9. The van der Waals surface area contributed by atoms with Crippen molar-refractivity contribution in [3.63, 3.8) is 0 Å². The van der Waals surface area contributed by atoms with Crippen molar-refractivity contribution in [3.8, 4) is 5.75 Å². The Morgan fingerprint density at radius 2 is 1.86 bits per heavy atom. The highest BCUT2D eigenvalue weighted by atomic mass is 35.5. The molecule has 0 atom stereocenters. The molecule has 0 saturated heterocycles. The van der Waals surface area contributed by atoms with Gasteiger partial charge in [0.25, 0.3) is 5.24 Å². The van der Waals surface area contributed by atoms with Crippen LogP contribution in [0.1, 0.15) is 15.9 Å². The van der Waals surface area contributed by atoms with Crippen LogP contribution in [0.3, 0.4) is 0 Å². The van der Waals surface area contributed by atoms with E-state index in [4.69, 9.17) is 16.7 Å². The van der Waals surface area contributed by atoms with E-state index in [1.165, 1.54) is 0 Å². The molecule has 1 N–H and O–H groups in total. The first-order valence-corrected chi connectivity index (χ1v) is 3.79.